The van der Waals surface area contributed by atoms with E-state index >= 15 is 0 Å². The van der Waals surface area contributed by atoms with Crippen LogP contribution in [0.25, 0.3) is 0 Å². The quantitative estimate of drug-likeness (QED) is 0.763. The molecule has 7 heteroatoms. The standard InChI is InChI=1S/C20H24N2O4S/c1-15-4-2-5-16(12-15)13-22-27(24,25)19-9-7-17(8-10-19)20(23)21-14-18-6-3-11-26-18/h2,4-5,7-10,12,18,22H,3,6,11,13-14H2,1H3,(H,21,23). The van der Waals surface area contributed by atoms with E-state index in [1.54, 1.807) is 0 Å². The van der Waals surface area contributed by atoms with E-state index in [1.807, 2.05) is 31.2 Å². The largest absolute Gasteiger partial charge is 0.376 e. The number of sulfonamides is 1. The Morgan fingerprint density at radius 3 is 2.63 bits per heavy atom. The fourth-order valence-electron chi connectivity index (χ4n) is 2.98. The number of aryl methyl sites for hydroxylation is 1. The minimum Gasteiger partial charge on any atom is -0.376 e. The third kappa shape index (κ3) is 5.38. The fraction of sp³-hybridized carbons (Fsp3) is 0.350. The zero-order valence-electron chi connectivity index (χ0n) is 15.3. The summed E-state index contributed by atoms with van der Waals surface area (Å²) >= 11 is 0. The van der Waals surface area contributed by atoms with E-state index in [2.05, 4.69) is 10.0 Å². The Morgan fingerprint density at radius 1 is 1.19 bits per heavy atom. The topological polar surface area (TPSA) is 84.5 Å². The first-order valence-electron chi connectivity index (χ1n) is 8.99. The van der Waals surface area contributed by atoms with Gasteiger partial charge >= 0.3 is 0 Å². The summed E-state index contributed by atoms with van der Waals surface area (Å²) in [5.74, 6) is -0.234. The highest BCUT2D eigenvalue weighted by atomic mass is 32.2. The molecule has 1 aliphatic rings. The molecule has 6 nitrogen and oxygen atoms in total. The number of carbonyl (C=O) groups is 1. The van der Waals surface area contributed by atoms with Crippen LogP contribution in [0.15, 0.2) is 53.4 Å². The number of nitrogens with one attached hydrogen (secondary N) is 2. The number of hydrogen-bond acceptors (Lipinski definition) is 4. The van der Waals surface area contributed by atoms with E-state index in [0.717, 1.165) is 30.6 Å². The Morgan fingerprint density at radius 2 is 1.96 bits per heavy atom. The third-order valence-electron chi connectivity index (χ3n) is 4.49. The van der Waals surface area contributed by atoms with Crippen LogP contribution < -0.4 is 10.0 Å². The van der Waals surface area contributed by atoms with E-state index in [0.29, 0.717) is 12.1 Å². The second-order valence-electron chi connectivity index (χ2n) is 6.68. The van der Waals surface area contributed by atoms with Crippen molar-refractivity contribution in [2.75, 3.05) is 13.2 Å². The number of ether oxygens (including phenoxy) is 1. The van der Waals surface area contributed by atoms with Crippen molar-refractivity contribution in [2.24, 2.45) is 0 Å². The van der Waals surface area contributed by atoms with Crippen LogP contribution in [0.5, 0.6) is 0 Å². The molecule has 0 saturated carbocycles. The van der Waals surface area contributed by atoms with Gasteiger partial charge in [0.2, 0.25) is 10.0 Å². The summed E-state index contributed by atoms with van der Waals surface area (Å²) in [7, 11) is -3.64. The third-order valence-corrected chi connectivity index (χ3v) is 5.91. The first kappa shape index (κ1) is 19.5. The molecule has 0 spiro atoms. The van der Waals surface area contributed by atoms with Crippen molar-refractivity contribution in [3.63, 3.8) is 0 Å². The van der Waals surface area contributed by atoms with Gasteiger partial charge < -0.3 is 10.1 Å². The zero-order chi connectivity index (χ0) is 19.3. The lowest BCUT2D eigenvalue weighted by Gasteiger charge is -2.11. The van der Waals surface area contributed by atoms with Gasteiger partial charge in [-0.1, -0.05) is 29.8 Å². The molecule has 27 heavy (non-hydrogen) atoms. The number of amides is 1. The summed E-state index contributed by atoms with van der Waals surface area (Å²) in [6.07, 6.45) is 2.03. The van der Waals surface area contributed by atoms with Gasteiger partial charge in [0.05, 0.1) is 11.0 Å². The summed E-state index contributed by atoms with van der Waals surface area (Å²) < 4.78 is 32.9. The van der Waals surface area contributed by atoms with E-state index in [9.17, 15) is 13.2 Å². The van der Waals surface area contributed by atoms with Gasteiger partial charge in [0.1, 0.15) is 0 Å². The summed E-state index contributed by atoms with van der Waals surface area (Å²) in [5, 5.41) is 2.82. The maximum Gasteiger partial charge on any atom is 0.251 e. The predicted molar refractivity (Wildman–Crippen MR) is 103 cm³/mol. The molecule has 0 bridgehead atoms. The molecule has 2 N–H and O–H groups in total. The van der Waals surface area contributed by atoms with Crippen LogP contribution in [-0.2, 0) is 21.3 Å². The van der Waals surface area contributed by atoms with E-state index in [-0.39, 0.29) is 23.5 Å². The van der Waals surface area contributed by atoms with E-state index < -0.39 is 10.0 Å². The molecule has 1 aliphatic heterocycles. The van der Waals surface area contributed by atoms with Crippen molar-refractivity contribution in [2.45, 2.75) is 37.3 Å². The molecule has 144 valence electrons. The van der Waals surface area contributed by atoms with Crippen molar-refractivity contribution in [3.8, 4) is 0 Å². The Balaban J connectivity index is 1.58. The Bertz CT molecular complexity index is 888. The summed E-state index contributed by atoms with van der Waals surface area (Å²) in [4.78, 5) is 12.3. The fourth-order valence-corrected chi connectivity index (χ4v) is 4.00. The first-order chi connectivity index (χ1) is 12.9. The summed E-state index contributed by atoms with van der Waals surface area (Å²) in [6, 6.07) is 13.6. The van der Waals surface area contributed by atoms with Crippen LogP contribution in [0.1, 0.15) is 34.3 Å². The molecule has 0 aliphatic carbocycles. The zero-order valence-corrected chi connectivity index (χ0v) is 16.1. The highest BCUT2D eigenvalue weighted by molar-refractivity contribution is 7.89. The van der Waals surface area contributed by atoms with Crippen molar-refractivity contribution >= 4 is 15.9 Å². The minimum absolute atomic E-state index is 0.0689. The second-order valence-corrected chi connectivity index (χ2v) is 8.45. The van der Waals surface area contributed by atoms with Gasteiger partial charge in [-0.2, -0.15) is 0 Å². The SMILES string of the molecule is Cc1cccc(CNS(=O)(=O)c2ccc(C(=O)NCC3CCCO3)cc2)c1. The number of hydrogen-bond donors (Lipinski definition) is 2. The van der Waals surface area contributed by atoms with Gasteiger partial charge in [-0.25, -0.2) is 13.1 Å². The maximum atomic E-state index is 12.4. The molecule has 2 aromatic rings. The summed E-state index contributed by atoms with van der Waals surface area (Å²) in [5.41, 5.74) is 2.39. The van der Waals surface area contributed by atoms with Crippen LogP contribution in [-0.4, -0.2) is 33.6 Å². The molecule has 2 aromatic carbocycles. The number of benzene rings is 2. The molecular formula is C20H24N2O4S. The lowest BCUT2D eigenvalue weighted by molar-refractivity contribution is 0.0857. The normalized spacial score (nSPS) is 17.0. The van der Waals surface area contributed by atoms with Gasteiger partial charge in [0, 0.05) is 25.3 Å². The van der Waals surface area contributed by atoms with Gasteiger partial charge in [0.25, 0.3) is 5.91 Å². The average Bonchev–Trinajstić information content (AvgIpc) is 3.18. The molecule has 0 radical (unpaired) electrons. The maximum absolute atomic E-state index is 12.4. The van der Waals surface area contributed by atoms with Crippen molar-refractivity contribution in [1.82, 2.24) is 10.0 Å². The van der Waals surface area contributed by atoms with Gasteiger partial charge in [-0.3, -0.25) is 4.79 Å². The molecular weight excluding hydrogens is 364 g/mol. The van der Waals surface area contributed by atoms with E-state index in [4.69, 9.17) is 4.74 Å². The van der Waals surface area contributed by atoms with Gasteiger partial charge in [-0.05, 0) is 49.6 Å². The molecule has 1 unspecified atom stereocenters. The smallest absolute Gasteiger partial charge is 0.251 e. The molecule has 1 atom stereocenters. The van der Waals surface area contributed by atoms with Crippen molar-refractivity contribution in [3.05, 3.63) is 65.2 Å². The van der Waals surface area contributed by atoms with Crippen LogP contribution in [0.4, 0.5) is 0 Å². The molecule has 1 amide bonds. The Kier molecular flexibility index (Phi) is 6.26. The average molecular weight is 388 g/mol. The Hall–Kier alpha value is -2.22. The number of rotatable bonds is 7. The van der Waals surface area contributed by atoms with Crippen molar-refractivity contribution < 1.29 is 17.9 Å². The highest BCUT2D eigenvalue weighted by Crippen LogP contribution is 2.13. The summed E-state index contributed by atoms with van der Waals surface area (Å²) in [6.45, 7) is 3.38. The van der Waals surface area contributed by atoms with Crippen LogP contribution >= 0.6 is 0 Å². The van der Waals surface area contributed by atoms with Gasteiger partial charge in [0.15, 0.2) is 0 Å². The lowest BCUT2D eigenvalue weighted by Crippen LogP contribution is -2.31. The number of carbonyl (C=O) groups excluding carboxylic acids is 1. The molecule has 1 saturated heterocycles. The molecule has 3 rings (SSSR count). The first-order valence-corrected chi connectivity index (χ1v) is 10.5. The minimum atomic E-state index is -3.64. The van der Waals surface area contributed by atoms with E-state index in [1.165, 1.54) is 24.3 Å². The van der Waals surface area contributed by atoms with Crippen molar-refractivity contribution in [1.29, 1.82) is 0 Å². The molecule has 0 aromatic heterocycles. The van der Waals surface area contributed by atoms with Gasteiger partial charge in [-0.15, -0.1) is 0 Å². The van der Waals surface area contributed by atoms with Crippen LogP contribution in [0.3, 0.4) is 0 Å². The monoisotopic (exact) mass is 388 g/mol. The highest BCUT2D eigenvalue weighted by Gasteiger charge is 2.18. The molecule has 1 fully saturated rings. The van der Waals surface area contributed by atoms with Crippen LogP contribution in [0, 0.1) is 6.92 Å². The molecule has 1 heterocycles. The second kappa shape index (κ2) is 8.65. The Labute approximate surface area is 160 Å². The lowest BCUT2D eigenvalue weighted by atomic mass is 10.1. The predicted octanol–water partition coefficient (Wildman–Crippen LogP) is 2.38. The van der Waals surface area contributed by atoms with Crippen LogP contribution in [0.2, 0.25) is 0 Å².